The van der Waals surface area contributed by atoms with Gasteiger partial charge in [-0.2, -0.15) is 5.10 Å². The molecule has 2 amide bonds. The number of fused-ring (bicyclic) bond motifs is 1. The first-order chi connectivity index (χ1) is 14.2. The Hall–Kier alpha value is -3.87. The zero-order valence-corrected chi connectivity index (χ0v) is 15.9. The van der Waals surface area contributed by atoms with Gasteiger partial charge in [-0.05, 0) is 30.3 Å². The van der Waals surface area contributed by atoms with Crippen LogP contribution in [0.25, 0.3) is 11.8 Å². The number of hydrogen-bond acceptors (Lipinski definition) is 4. The summed E-state index contributed by atoms with van der Waals surface area (Å²) in [4.78, 5) is 26.5. The van der Waals surface area contributed by atoms with Crippen LogP contribution in [0.4, 0.5) is 5.69 Å². The Kier molecular flexibility index (Phi) is 5.11. The van der Waals surface area contributed by atoms with Crippen molar-refractivity contribution in [1.82, 2.24) is 15.1 Å². The second-order valence-corrected chi connectivity index (χ2v) is 6.52. The summed E-state index contributed by atoms with van der Waals surface area (Å²) in [6.07, 6.45) is 5.97. The summed E-state index contributed by atoms with van der Waals surface area (Å²) in [6.45, 7) is 0.142. The number of likely N-dealkylation sites (N-methyl/N-ethyl adjacent to an activating group) is 1. The first-order valence-electron chi connectivity index (χ1n) is 9.22. The largest absolute Gasteiger partial charge is 0.477 e. The van der Waals surface area contributed by atoms with Crippen molar-refractivity contribution in [3.8, 4) is 11.4 Å². The lowest BCUT2D eigenvalue weighted by Gasteiger charge is -2.33. The number of rotatable bonds is 4. The third-order valence-electron chi connectivity index (χ3n) is 4.62. The molecule has 1 atom stereocenters. The van der Waals surface area contributed by atoms with Crippen molar-refractivity contribution in [3.63, 3.8) is 0 Å². The molecule has 1 aromatic heterocycles. The maximum atomic E-state index is 12.9. The number of aromatic nitrogens is 2. The number of hydrogen-bond donors (Lipinski definition) is 1. The minimum Gasteiger partial charge on any atom is -0.477 e. The third-order valence-corrected chi connectivity index (χ3v) is 4.62. The summed E-state index contributed by atoms with van der Waals surface area (Å²) < 4.78 is 7.48. The van der Waals surface area contributed by atoms with Gasteiger partial charge in [0, 0.05) is 24.9 Å². The molecule has 0 aliphatic carbocycles. The van der Waals surface area contributed by atoms with Crippen molar-refractivity contribution in [3.05, 3.63) is 78.6 Å². The molecule has 146 valence electrons. The highest BCUT2D eigenvalue weighted by Crippen LogP contribution is 2.33. The molecule has 0 saturated heterocycles. The van der Waals surface area contributed by atoms with E-state index in [9.17, 15) is 9.59 Å². The zero-order valence-electron chi connectivity index (χ0n) is 15.9. The fraction of sp³-hybridized carbons (Fsp3) is 0.136. The van der Waals surface area contributed by atoms with E-state index in [0.717, 1.165) is 11.3 Å². The molecule has 1 N–H and O–H groups in total. The normalized spacial score (nSPS) is 15.6. The van der Waals surface area contributed by atoms with E-state index in [1.165, 1.54) is 6.08 Å². The van der Waals surface area contributed by atoms with Gasteiger partial charge in [-0.15, -0.1) is 0 Å². The van der Waals surface area contributed by atoms with Crippen molar-refractivity contribution in [2.75, 3.05) is 18.5 Å². The number of anilines is 1. The highest BCUT2D eigenvalue weighted by molar-refractivity contribution is 6.05. The van der Waals surface area contributed by atoms with Crippen molar-refractivity contribution in [1.29, 1.82) is 0 Å². The van der Waals surface area contributed by atoms with Gasteiger partial charge in [-0.3, -0.25) is 9.59 Å². The van der Waals surface area contributed by atoms with E-state index >= 15 is 0 Å². The first-order valence-corrected chi connectivity index (χ1v) is 9.22. The summed E-state index contributed by atoms with van der Waals surface area (Å²) in [6, 6.07) is 16.9. The number of nitrogens with one attached hydrogen (secondary N) is 1. The smallest absolute Gasteiger partial charge is 0.262 e. The van der Waals surface area contributed by atoms with Crippen LogP contribution in [0.15, 0.2) is 73.1 Å². The number of benzene rings is 2. The molecule has 0 bridgehead atoms. The predicted octanol–water partition coefficient (Wildman–Crippen LogP) is 2.43. The molecule has 1 unspecified atom stereocenters. The molecule has 0 fully saturated rings. The van der Waals surface area contributed by atoms with Crippen molar-refractivity contribution in [2.24, 2.45) is 0 Å². The number of nitrogens with zero attached hydrogens (tertiary/aromatic N) is 3. The summed E-state index contributed by atoms with van der Waals surface area (Å²) in [7, 11) is 1.54. The maximum Gasteiger partial charge on any atom is 0.262 e. The van der Waals surface area contributed by atoms with Crippen molar-refractivity contribution >= 4 is 23.6 Å². The van der Waals surface area contributed by atoms with Crippen LogP contribution in [0.3, 0.4) is 0 Å². The van der Waals surface area contributed by atoms with Crippen molar-refractivity contribution in [2.45, 2.75) is 6.10 Å². The quantitative estimate of drug-likeness (QED) is 0.697. The van der Waals surface area contributed by atoms with Gasteiger partial charge in [-0.1, -0.05) is 30.3 Å². The Morgan fingerprint density at radius 2 is 1.90 bits per heavy atom. The van der Waals surface area contributed by atoms with Crippen LogP contribution < -0.4 is 15.0 Å². The Labute approximate surface area is 168 Å². The van der Waals surface area contributed by atoms with Crippen molar-refractivity contribution < 1.29 is 14.3 Å². The minimum atomic E-state index is -0.756. The molecular formula is C22H20N4O3. The van der Waals surface area contributed by atoms with E-state index in [2.05, 4.69) is 10.4 Å². The molecule has 7 nitrogen and oxygen atoms in total. The van der Waals surface area contributed by atoms with Gasteiger partial charge in [0.1, 0.15) is 5.75 Å². The zero-order chi connectivity index (χ0) is 20.2. The number of amides is 2. The Morgan fingerprint density at radius 1 is 1.14 bits per heavy atom. The lowest BCUT2D eigenvalue weighted by Crippen LogP contribution is -2.49. The fourth-order valence-corrected chi connectivity index (χ4v) is 3.14. The topological polar surface area (TPSA) is 76.5 Å². The van der Waals surface area contributed by atoms with Gasteiger partial charge >= 0.3 is 0 Å². The average molecular weight is 388 g/mol. The van der Waals surface area contributed by atoms with Gasteiger partial charge in [0.25, 0.3) is 11.8 Å². The molecule has 2 aromatic carbocycles. The SMILES string of the molecule is CNC(=O)C1CN(C(=O)/C=C/c2cnn(-c3ccccc3)c2)c2ccccc2O1. The highest BCUT2D eigenvalue weighted by atomic mass is 16.5. The lowest BCUT2D eigenvalue weighted by atomic mass is 10.1. The Bertz CT molecular complexity index is 1060. The number of ether oxygens (including phenoxy) is 1. The van der Waals surface area contributed by atoms with Gasteiger partial charge in [0.2, 0.25) is 0 Å². The van der Waals surface area contributed by atoms with Crippen LogP contribution in [0, 0.1) is 0 Å². The monoisotopic (exact) mass is 388 g/mol. The second kappa shape index (κ2) is 8.02. The van der Waals surface area contributed by atoms with Crippen LogP contribution >= 0.6 is 0 Å². The Morgan fingerprint density at radius 3 is 2.69 bits per heavy atom. The van der Waals surface area contributed by atoms with Crippen LogP contribution in [0.5, 0.6) is 5.75 Å². The molecule has 29 heavy (non-hydrogen) atoms. The summed E-state index contributed by atoms with van der Waals surface area (Å²) >= 11 is 0. The molecule has 4 rings (SSSR count). The standard InChI is InChI=1S/C22H20N4O3/c1-23-22(28)20-15-25(18-9-5-6-10-19(18)29-20)21(27)12-11-16-13-24-26(14-16)17-7-3-2-4-8-17/h2-14,20H,15H2,1H3,(H,23,28)/b12-11+. The van der Waals surface area contributed by atoms with Crippen LogP contribution in [0.1, 0.15) is 5.56 Å². The molecule has 3 aromatic rings. The van der Waals surface area contributed by atoms with Gasteiger partial charge in [-0.25, -0.2) is 4.68 Å². The van der Waals surface area contributed by atoms with E-state index in [1.807, 2.05) is 48.7 Å². The molecule has 0 spiro atoms. The number of carbonyl (C=O) groups excluding carboxylic acids is 2. The highest BCUT2D eigenvalue weighted by Gasteiger charge is 2.32. The molecule has 2 heterocycles. The molecule has 1 aliphatic heterocycles. The Balaban J connectivity index is 1.54. The maximum absolute atomic E-state index is 12.9. The fourth-order valence-electron chi connectivity index (χ4n) is 3.14. The number of carbonyl (C=O) groups is 2. The summed E-state index contributed by atoms with van der Waals surface area (Å²) in [5.41, 5.74) is 2.38. The van der Waals surface area contributed by atoms with Gasteiger partial charge in [0.15, 0.2) is 6.10 Å². The van der Waals surface area contributed by atoms with Gasteiger partial charge < -0.3 is 15.0 Å². The summed E-state index contributed by atoms with van der Waals surface area (Å²) in [5.74, 6) is -0.00136. The van der Waals surface area contributed by atoms with E-state index < -0.39 is 6.10 Å². The van der Waals surface area contributed by atoms with Crippen LogP contribution in [0.2, 0.25) is 0 Å². The van der Waals surface area contributed by atoms with E-state index in [-0.39, 0.29) is 18.4 Å². The predicted molar refractivity (Wildman–Crippen MR) is 110 cm³/mol. The van der Waals surface area contributed by atoms with Gasteiger partial charge in [0.05, 0.1) is 24.1 Å². The van der Waals surface area contributed by atoms with Crippen LogP contribution in [-0.2, 0) is 9.59 Å². The van der Waals surface area contributed by atoms with E-state index in [1.54, 1.807) is 41.0 Å². The lowest BCUT2D eigenvalue weighted by molar-refractivity contribution is -0.127. The first kappa shape index (κ1) is 18.5. The molecule has 7 heteroatoms. The second-order valence-electron chi connectivity index (χ2n) is 6.52. The molecule has 0 radical (unpaired) electrons. The van der Waals surface area contributed by atoms with E-state index in [0.29, 0.717) is 11.4 Å². The molecule has 1 aliphatic rings. The third kappa shape index (κ3) is 3.89. The number of para-hydroxylation sites is 3. The minimum absolute atomic E-state index is 0.142. The molecule has 0 saturated carbocycles. The summed E-state index contributed by atoms with van der Waals surface area (Å²) in [5, 5.41) is 6.90. The van der Waals surface area contributed by atoms with E-state index in [4.69, 9.17) is 4.74 Å². The molecular weight excluding hydrogens is 368 g/mol. The average Bonchev–Trinajstić information content (AvgIpc) is 3.26. The van der Waals surface area contributed by atoms with Crippen LogP contribution in [-0.4, -0.2) is 41.3 Å².